The van der Waals surface area contributed by atoms with Gasteiger partial charge >= 0.3 is 23.9 Å². The second-order valence-corrected chi connectivity index (χ2v) is 7.22. The minimum atomic E-state index is -1.91. The predicted octanol–water partition coefficient (Wildman–Crippen LogP) is -0.552. The molecule has 0 amide bonds. The van der Waals surface area contributed by atoms with Crippen LogP contribution < -0.4 is 0 Å². The number of hydrogen-bond donors (Lipinski definition) is 0. The summed E-state index contributed by atoms with van der Waals surface area (Å²) in [6, 6.07) is 0. The number of esters is 4. The summed E-state index contributed by atoms with van der Waals surface area (Å²) >= 11 is 0. The zero-order valence-corrected chi connectivity index (χ0v) is 15.9. The minimum absolute atomic E-state index is 0.371. The predicted molar refractivity (Wildman–Crippen MR) is 86.0 cm³/mol. The van der Waals surface area contributed by atoms with E-state index in [2.05, 4.69) is 0 Å². The molecule has 1 fully saturated rings. The number of rotatable bonds is 6. The lowest BCUT2D eigenvalue weighted by molar-refractivity contribution is -0.193. The van der Waals surface area contributed by atoms with Gasteiger partial charge in [-0.05, 0) is 0 Å². The smallest absolute Gasteiger partial charge is 0.303 e. The molecule has 0 aliphatic carbocycles. The van der Waals surface area contributed by atoms with Crippen LogP contribution in [0, 0.1) is 0 Å². The van der Waals surface area contributed by atoms with E-state index in [0.717, 1.165) is 27.7 Å². The van der Waals surface area contributed by atoms with Gasteiger partial charge in [-0.15, -0.1) is 0 Å². The van der Waals surface area contributed by atoms with Gasteiger partial charge in [-0.2, -0.15) is 0 Å². The highest BCUT2D eigenvalue weighted by atomic mass is 32.2. The molecule has 6 atom stereocenters. The van der Waals surface area contributed by atoms with Gasteiger partial charge in [0.1, 0.15) is 11.9 Å². The Kier molecular flexibility index (Phi) is 8.15. The molecule has 0 saturated carbocycles. The molecule has 1 unspecified atom stereocenters. The average Bonchev–Trinajstić information content (AvgIpc) is 2.49. The Labute approximate surface area is 152 Å². The third-order valence-electron chi connectivity index (χ3n) is 3.40. The van der Waals surface area contributed by atoms with Crippen molar-refractivity contribution in [2.75, 3.05) is 13.7 Å². The third-order valence-corrected chi connectivity index (χ3v) is 5.32. The van der Waals surface area contributed by atoms with Crippen LogP contribution in [0.5, 0.6) is 0 Å². The second-order valence-electron chi connectivity index (χ2n) is 5.50. The SMILES string of the molecule is CO[C@@H]1[C@H](OC(C)=O)[C@@H](OC(C)=O)[C@H](OC(C)=O)[C@@H](COC(C)=O)S1=O. The lowest BCUT2D eigenvalue weighted by Crippen LogP contribution is -2.63. The molecule has 10 nitrogen and oxygen atoms in total. The van der Waals surface area contributed by atoms with Crippen LogP contribution in [-0.4, -0.2) is 70.8 Å². The standard InChI is InChI=1S/C15H22O10S/c1-7(16)22-6-11-12(23-8(2)17)13(24-9(3)18)14(25-10(4)19)15(21-5)26(11)20/h11-15H,6H2,1-5H3/t11-,12-,13+,14-,15+,26?/m1/s1. The fraction of sp³-hybridized carbons (Fsp3) is 0.733. The summed E-state index contributed by atoms with van der Waals surface area (Å²) in [5, 5.41) is -1.05. The topological polar surface area (TPSA) is 132 Å². The summed E-state index contributed by atoms with van der Waals surface area (Å²) in [5.41, 5.74) is -1.18. The zero-order chi connectivity index (χ0) is 20.0. The van der Waals surface area contributed by atoms with Crippen molar-refractivity contribution in [2.45, 2.75) is 56.7 Å². The Morgan fingerprint density at radius 1 is 0.769 bits per heavy atom. The number of ether oxygens (including phenoxy) is 5. The normalized spacial score (nSPS) is 30.8. The van der Waals surface area contributed by atoms with E-state index >= 15 is 0 Å². The summed E-state index contributed by atoms with van der Waals surface area (Å²) in [6.45, 7) is 4.13. The van der Waals surface area contributed by atoms with Gasteiger partial charge in [0.2, 0.25) is 0 Å². The van der Waals surface area contributed by atoms with Crippen LogP contribution in [0.4, 0.5) is 0 Å². The Morgan fingerprint density at radius 3 is 1.65 bits per heavy atom. The number of hydrogen-bond acceptors (Lipinski definition) is 10. The first-order chi connectivity index (χ1) is 12.1. The van der Waals surface area contributed by atoms with Crippen LogP contribution in [0.2, 0.25) is 0 Å². The number of carbonyl (C=O) groups is 4. The molecule has 26 heavy (non-hydrogen) atoms. The summed E-state index contributed by atoms with van der Waals surface area (Å²) in [4.78, 5) is 45.6. The fourth-order valence-corrected chi connectivity index (χ4v) is 4.24. The minimum Gasteiger partial charge on any atom is -0.464 e. The average molecular weight is 394 g/mol. The molecule has 148 valence electrons. The van der Waals surface area contributed by atoms with Gasteiger partial charge < -0.3 is 23.7 Å². The molecule has 1 aliphatic rings. The first-order valence-electron chi connectivity index (χ1n) is 7.65. The molecule has 0 radical (unpaired) electrons. The lowest BCUT2D eigenvalue weighted by atomic mass is 10.0. The highest BCUT2D eigenvalue weighted by Gasteiger charge is 2.55. The number of carbonyl (C=O) groups excluding carboxylic acids is 4. The Balaban J connectivity index is 3.34. The molecule has 11 heteroatoms. The van der Waals surface area contributed by atoms with Crippen LogP contribution in [-0.2, 0) is 53.7 Å². The van der Waals surface area contributed by atoms with E-state index in [9.17, 15) is 23.4 Å². The van der Waals surface area contributed by atoms with Gasteiger partial charge in [-0.3, -0.25) is 23.4 Å². The van der Waals surface area contributed by atoms with Crippen LogP contribution in [0.15, 0.2) is 0 Å². The Morgan fingerprint density at radius 2 is 1.23 bits per heavy atom. The van der Waals surface area contributed by atoms with Crippen molar-refractivity contribution in [2.24, 2.45) is 0 Å². The summed E-state index contributed by atoms with van der Waals surface area (Å²) < 4.78 is 38.4. The molecule has 0 bridgehead atoms. The van der Waals surface area contributed by atoms with Crippen molar-refractivity contribution in [1.82, 2.24) is 0 Å². The highest BCUT2D eigenvalue weighted by Crippen LogP contribution is 2.31. The maximum absolute atomic E-state index is 12.9. The molecule has 0 aromatic rings. The first kappa shape index (κ1) is 22.0. The Bertz CT molecular complexity index is 589. The van der Waals surface area contributed by atoms with E-state index in [1.54, 1.807) is 0 Å². The number of methoxy groups -OCH3 is 1. The van der Waals surface area contributed by atoms with Gasteiger partial charge in [0.15, 0.2) is 23.7 Å². The van der Waals surface area contributed by atoms with E-state index in [1.165, 1.54) is 7.11 Å². The second kappa shape index (κ2) is 9.62. The third kappa shape index (κ3) is 5.77. The monoisotopic (exact) mass is 394 g/mol. The lowest BCUT2D eigenvalue weighted by Gasteiger charge is -2.43. The molecular formula is C15H22O10S. The van der Waals surface area contributed by atoms with E-state index in [0.29, 0.717) is 0 Å². The van der Waals surface area contributed by atoms with Gasteiger partial charge in [0, 0.05) is 34.8 Å². The first-order valence-corrected chi connectivity index (χ1v) is 8.93. The fourth-order valence-electron chi connectivity index (χ4n) is 2.55. The molecule has 1 rings (SSSR count). The largest absolute Gasteiger partial charge is 0.464 e. The molecular weight excluding hydrogens is 372 g/mol. The molecule has 0 spiro atoms. The van der Waals surface area contributed by atoms with E-state index < -0.39 is 63.7 Å². The van der Waals surface area contributed by atoms with Gasteiger partial charge in [-0.25, -0.2) is 0 Å². The van der Waals surface area contributed by atoms with Crippen molar-refractivity contribution < 1.29 is 47.1 Å². The van der Waals surface area contributed by atoms with Crippen LogP contribution in [0.3, 0.4) is 0 Å². The van der Waals surface area contributed by atoms with E-state index in [-0.39, 0.29) is 6.61 Å². The maximum Gasteiger partial charge on any atom is 0.303 e. The van der Waals surface area contributed by atoms with Crippen LogP contribution >= 0.6 is 0 Å². The summed E-state index contributed by atoms with van der Waals surface area (Å²) in [6.07, 6.45) is -3.84. The Hall–Kier alpha value is -2.01. The van der Waals surface area contributed by atoms with Crippen molar-refractivity contribution in [3.63, 3.8) is 0 Å². The van der Waals surface area contributed by atoms with Crippen molar-refractivity contribution in [3.8, 4) is 0 Å². The molecule has 1 aliphatic heterocycles. The molecule has 1 heterocycles. The molecule has 1 saturated heterocycles. The van der Waals surface area contributed by atoms with Crippen molar-refractivity contribution in [3.05, 3.63) is 0 Å². The van der Waals surface area contributed by atoms with Gasteiger partial charge in [0.25, 0.3) is 0 Å². The van der Waals surface area contributed by atoms with Crippen molar-refractivity contribution in [1.29, 1.82) is 0 Å². The van der Waals surface area contributed by atoms with Gasteiger partial charge in [-0.1, -0.05) is 0 Å². The summed E-state index contributed by atoms with van der Waals surface area (Å²) in [7, 11) is -0.671. The highest BCUT2D eigenvalue weighted by molar-refractivity contribution is 7.86. The maximum atomic E-state index is 12.9. The molecule has 0 aromatic heterocycles. The van der Waals surface area contributed by atoms with E-state index in [1.807, 2.05) is 0 Å². The van der Waals surface area contributed by atoms with Gasteiger partial charge in [0.05, 0.1) is 10.8 Å². The zero-order valence-electron chi connectivity index (χ0n) is 15.1. The van der Waals surface area contributed by atoms with Crippen LogP contribution in [0.25, 0.3) is 0 Å². The van der Waals surface area contributed by atoms with Crippen molar-refractivity contribution >= 4 is 34.7 Å². The summed E-state index contributed by atoms with van der Waals surface area (Å²) in [5.74, 6) is -2.85. The molecule has 0 aromatic carbocycles. The quantitative estimate of drug-likeness (QED) is 0.427. The van der Waals surface area contributed by atoms with Crippen LogP contribution in [0.1, 0.15) is 27.7 Å². The molecule has 0 N–H and O–H groups in total. The van der Waals surface area contributed by atoms with E-state index in [4.69, 9.17) is 23.7 Å².